The van der Waals surface area contributed by atoms with Gasteiger partial charge in [0.2, 0.25) is 0 Å². The Morgan fingerprint density at radius 1 is 1.07 bits per heavy atom. The monoisotopic (exact) mass is 368 g/mol. The minimum atomic E-state index is -0.177. The van der Waals surface area contributed by atoms with Gasteiger partial charge in [-0.15, -0.1) is 0 Å². The van der Waals surface area contributed by atoms with Crippen molar-refractivity contribution in [2.24, 2.45) is 0 Å². The maximum Gasteiger partial charge on any atom is 0.271 e. The molecule has 1 aromatic carbocycles. The molecule has 2 aromatic rings. The Bertz CT molecular complexity index is 711. The second kappa shape index (κ2) is 9.43. The highest BCUT2D eigenvalue weighted by molar-refractivity contribution is 5.92. The highest BCUT2D eigenvalue weighted by Gasteiger charge is 2.19. The number of hydrogen-bond acceptors (Lipinski definition) is 6. The molecule has 7 heteroatoms. The zero-order chi connectivity index (χ0) is 19.1. The van der Waals surface area contributed by atoms with Crippen LogP contribution in [0.3, 0.4) is 0 Å². The van der Waals surface area contributed by atoms with Gasteiger partial charge in [0.05, 0.1) is 12.4 Å². The van der Waals surface area contributed by atoms with Gasteiger partial charge in [0.15, 0.2) is 0 Å². The van der Waals surface area contributed by atoms with Gasteiger partial charge in [-0.3, -0.25) is 9.69 Å². The Morgan fingerprint density at radius 2 is 1.81 bits per heavy atom. The quantitative estimate of drug-likeness (QED) is 0.789. The summed E-state index contributed by atoms with van der Waals surface area (Å²) in [7, 11) is 3.95. The van der Waals surface area contributed by atoms with Crippen molar-refractivity contribution in [2.75, 3.05) is 58.3 Å². The molecule has 7 nitrogen and oxygen atoms in total. The normalized spacial score (nSPS) is 15.1. The van der Waals surface area contributed by atoms with Gasteiger partial charge in [-0.25, -0.2) is 9.97 Å². The Balaban J connectivity index is 1.47. The fraction of sp³-hybridized carbons (Fsp3) is 0.450. The Labute approximate surface area is 161 Å². The van der Waals surface area contributed by atoms with Crippen LogP contribution >= 0.6 is 0 Å². The molecule has 2 heterocycles. The van der Waals surface area contributed by atoms with Gasteiger partial charge < -0.3 is 15.1 Å². The van der Waals surface area contributed by atoms with E-state index >= 15 is 0 Å². The average Bonchev–Trinajstić information content (AvgIpc) is 2.69. The summed E-state index contributed by atoms with van der Waals surface area (Å²) in [4.78, 5) is 27.5. The van der Waals surface area contributed by atoms with Crippen LogP contribution in [0.15, 0.2) is 42.7 Å². The van der Waals surface area contributed by atoms with Crippen molar-refractivity contribution < 1.29 is 4.79 Å². The minimum absolute atomic E-state index is 0.177. The van der Waals surface area contributed by atoms with E-state index in [9.17, 15) is 4.79 Å². The van der Waals surface area contributed by atoms with Crippen LogP contribution in [-0.4, -0.2) is 79.0 Å². The average molecular weight is 368 g/mol. The third-order valence-corrected chi connectivity index (χ3v) is 4.66. The lowest BCUT2D eigenvalue weighted by Gasteiger charge is -2.35. The summed E-state index contributed by atoms with van der Waals surface area (Å²) in [5.74, 6) is 0.655. The molecule has 1 saturated heterocycles. The molecule has 0 radical (unpaired) electrons. The van der Waals surface area contributed by atoms with Crippen molar-refractivity contribution in [2.45, 2.75) is 6.54 Å². The lowest BCUT2D eigenvalue weighted by molar-refractivity contribution is 0.0945. The summed E-state index contributed by atoms with van der Waals surface area (Å²) in [5, 5.41) is 2.85. The molecule has 1 aliphatic rings. The van der Waals surface area contributed by atoms with Crippen molar-refractivity contribution in [1.82, 2.24) is 25.1 Å². The summed E-state index contributed by atoms with van der Waals surface area (Å²) < 4.78 is 0. The number of amides is 1. The summed E-state index contributed by atoms with van der Waals surface area (Å²) >= 11 is 0. The smallest absolute Gasteiger partial charge is 0.271 e. The molecule has 1 N–H and O–H groups in total. The summed E-state index contributed by atoms with van der Waals surface area (Å²) in [6.45, 7) is 6.17. The number of piperazine rings is 1. The van der Waals surface area contributed by atoms with Gasteiger partial charge in [-0.2, -0.15) is 0 Å². The molecule has 0 aliphatic carbocycles. The molecule has 144 valence electrons. The number of aromatic nitrogens is 2. The standard InChI is InChI=1S/C20H28N6O/c1-24(2)9-8-21-20(27)18-14-23-19(15-22-18)26-12-10-25(11-13-26)16-17-6-4-3-5-7-17/h3-7,14-15H,8-13,16H2,1-2H3,(H,21,27). The van der Waals surface area contributed by atoms with Crippen molar-refractivity contribution in [1.29, 1.82) is 0 Å². The molecule has 0 unspecified atom stereocenters. The first-order valence-electron chi connectivity index (χ1n) is 9.38. The summed E-state index contributed by atoms with van der Waals surface area (Å²) in [5.41, 5.74) is 1.70. The molecule has 1 aromatic heterocycles. The fourth-order valence-electron chi connectivity index (χ4n) is 3.06. The molecule has 1 aliphatic heterocycles. The Hall–Kier alpha value is -2.51. The van der Waals surface area contributed by atoms with Crippen LogP contribution in [0.4, 0.5) is 5.82 Å². The molecule has 1 fully saturated rings. The topological polar surface area (TPSA) is 64.6 Å². The largest absolute Gasteiger partial charge is 0.353 e. The van der Waals surface area contributed by atoms with Crippen molar-refractivity contribution >= 4 is 11.7 Å². The lowest BCUT2D eigenvalue weighted by atomic mass is 10.2. The number of rotatable bonds is 7. The van der Waals surface area contributed by atoms with Gasteiger partial charge in [0.1, 0.15) is 11.5 Å². The molecule has 0 bridgehead atoms. The molecule has 0 saturated carbocycles. The fourth-order valence-corrected chi connectivity index (χ4v) is 3.06. The second-order valence-corrected chi connectivity index (χ2v) is 7.07. The molecule has 27 heavy (non-hydrogen) atoms. The highest BCUT2D eigenvalue weighted by atomic mass is 16.1. The minimum Gasteiger partial charge on any atom is -0.353 e. The first-order valence-corrected chi connectivity index (χ1v) is 9.38. The lowest BCUT2D eigenvalue weighted by Crippen LogP contribution is -2.46. The molecule has 3 rings (SSSR count). The molecule has 0 atom stereocenters. The van der Waals surface area contributed by atoms with Crippen LogP contribution < -0.4 is 10.2 Å². The maximum absolute atomic E-state index is 12.1. The van der Waals surface area contributed by atoms with E-state index in [1.807, 2.05) is 25.1 Å². The van der Waals surface area contributed by atoms with Crippen LogP contribution in [0, 0.1) is 0 Å². The third-order valence-electron chi connectivity index (χ3n) is 4.66. The number of carbonyl (C=O) groups is 1. The van der Waals surface area contributed by atoms with E-state index < -0.39 is 0 Å². The maximum atomic E-state index is 12.1. The van der Waals surface area contributed by atoms with E-state index in [4.69, 9.17) is 0 Å². The third kappa shape index (κ3) is 5.74. The number of hydrogen-bond donors (Lipinski definition) is 1. The van der Waals surface area contributed by atoms with Crippen LogP contribution in [0.1, 0.15) is 16.1 Å². The van der Waals surface area contributed by atoms with Crippen LogP contribution in [0.25, 0.3) is 0 Å². The van der Waals surface area contributed by atoms with Gasteiger partial charge in [0.25, 0.3) is 5.91 Å². The van der Waals surface area contributed by atoms with Crippen molar-refractivity contribution in [3.8, 4) is 0 Å². The van der Waals surface area contributed by atoms with E-state index in [0.717, 1.165) is 45.1 Å². The number of nitrogens with one attached hydrogen (secondary N) is 1. The zero-order valence-electron chi connectivity index (χ0n) is 16.1. The Morgan fingerprint density at radius 3 is 2.44 bits per heavy atom. The Kier molecular flexibility index (Phi) is 6.73. The van der Waals surface area contributed by atoms with E-state index in [2.05, 4.69) is 49.4 Å². The van der Waals surface area contributed by atoms with Crippen LogP contribution in [0.5, 0.6) is 0 Å². The van der Waals surface area contributed by atoms with Gasteiger partial charge in [-0.05, 0) is 19.7 Å². The van der Waals surface area contributed by atoms with Crippen LogP contribution in [0.2, 0.25) is 0 Å². The highest BCUT2D eigenvalue weighted by Crippen LogP contribution is 2.14. The van der Waals surface area contributed by atoms with Gasteiger partial charge in [-0.1, -0.05) is 30.3 Å². The molecule has 0 spiro atoms. The van der Waals surface area contributed by atoms with Gasteiger partial charge in [0, 0.05) is 45.8 Å². The SMILES string of the molecule is CN(C)CCNC(=O)c1cnc(N2CCN(Cc3ccccc3)CC2)cn1. The number of likely N-dealkylation sites (N-methyl/N-ethyl adjacent to an activating group) is 1. The van der Waals surface area contributed by atoms with Crippen molar-refractivity contribution in [3.63, 3.8) is 0 Å². The second-order valence-electron chi connectivity index (χ2n) is 7.07. The molecular formula is C20H28N6O. The zero-order valence-corrected chi connectivity index (χ0v) is 16.1. The van der Waals surface area contributed by atoms with E-state index in [0.29, 0.717) is 12.2 Å². The molecule has 1 amide bonds. The van der Waals surface area contributed by atoms with E-state index in [-0.39, 0.29) is 5.91 Å². The number of nitrogens with zero attached hydrogens (tertiary/aromatic N) is 5. The number of carbonyl (C=O) groups excluding carboxylic acids is 1. The first-order chi connectivity index (χ1) is 13.1. The number of benzene rings is 1. The first kappa shape index (κ1) is 19.3. The van der Waals surface area contributed by atoms with Gasteiger partial charge >= 0.3 is 0 Å². The predicted octanol–water partition coefficient (Wildman–Crippen LogP) is 1.09. The van der Waals surface area contributed by atoms with E-state index in [1.54, 1.807) is 12.4 Å². The predicted molar refractivity (Wildman–Crippen MR) is 107 cm³/mol. The van der Waals surface area contributed by atoms with E-state index in [1.165, 1.54) is 5.56 Å². The van der Waals surface area contributed by atoms with Crippen LogP contribution in [-0.2, 0) is 6.54 Å². The number of anilines is 1. The van der Waals surface area contributed by atoms with Crippen molar-refractivity contribution in [3.05, 3.63) is 54.0 Å². The summed E-state index contributed by atoms with van der Waals surface area (Å²) in [6, 6.07) is 10.5. The molecular weight excluding hydrogens is 340 g/mol. The summed E-state index contributed by atoms with van der Waals surface area (Å²) in [6.07, 6.45) is 3.27.